The van der Waals surface area contributed by atoms with Crippen LogP contribution in [0.3, 0.4) is 0 Å². The Labute approximate surface area is 199 Å². The molecule has 3 atom stereocenters. The molecule has 2 fully saturated rings. The third kappa shape index (κ3) is 4.17. The molecule has 1 aromatic rings. The fourth-order valence-corrected chi connectivity index (χ4v) is 9.49. The predicted molar refractivity (Wildman–Crippen MR) is 125 cm³/mol. The van der Waals surface area contributed by atoms with E-state index in [1.165, 1.54) is 7.11 Å². The number of amides is 1. The van der Waals surface area contributed by atoms with Crippen LogP contribution >= 0.6 is 11.3 Å². The lowest BCUT2D eigenvalue weighted by molar-refractivity contribution is -0.137. The van der Waals surface area contributed by atoms with Gasteiger partial charge in [-0.1, -0.05) is 31.4 Å². The fourth-order valence-electron chi connectivity index (χ4n) is 5.93. The van der Waals surface area contributed by atoms with E-state index in [1.54, 1.807) is 4.31 Å². The summed E-state index contributed by atoms with van der Waals surface area (Å²) in [7, 11) is -2.51. The van der Waals surface area contributed by atoms with Crippen LogP contribution in [0.2, 0.25) is 0 Å². The highest BCUT2D eigenvalue weighted by Gasteiger charge is 2.43. The smallest absolute Gasteiger partial charge is 0.340 e. The molecule has 0 radical (unpaired) electrons. The van der Waals surface area contributed by atoms with E-state index in [0.29, 0.717) is 44.4 Å². The van der Waals surface area contributed by atoms with Gasteiger partial charge in [0.05, 0.1) is 19.2 Å². The van der Waals surface area contributed by atoms with Crippen molar-refractivity contribution in [2.75, 3.05) is 26.7 Å². The predicted octanol–water partition coefficient (Wildman–Crippen LogP) is 3.59. The molecule has 0 aromatic carbocycles. The second-order valence-electron chi connectivity index (χ2n) is 9.73. The highest BCUT2D eigenvalue weighted by molar-refractivity contribution is 7.91. The van der Waals surface area contributed by atoms with E-state index in [9.17, 15) is 18.0 Å². The molecule has 1 saturated heterocycles. The molecule has 1 aromatic heterocycles. The maximum Gasteiger partial charge on any atom is 0.340 e. The summed E-state index contributed by atoms with van der Waals surface area (Å²) in [5, 5.41) is 0. The highest BCUT2D eigenvalue weighted by atomic mass is 32.2. The Bertz CT molecular complexity index is 1070. The summed E-state index contributed by atoms with van der Waals surface area (Å²) in [5.41, 5.74) is 0.934. The summed E-state index contributed by atoms with van der Waals surface area (Å²) in [6.45, 7) is 1.84. The van der Waals surface area contributed by atoms with E-state index < -0.39 is 16.0 Å². The molecular formula is C24H32N2O5S2. The minimum atomic E-state index is -3.80. The Morgan fingerprint density at radius 1 is 1.03 bits per heavy atom. The molecule has 7 nitrogen and oxygen atoms in total. The number of carbonyl (C=O) groups excluding carboxylic acids is 2. The summed E-state index contributed by atoms with van der Waals surface area (Å²) >= 11 is 1.16. The van der Waals surface area contributed by atoms with E-state index >= 15 is 0 Å². The standard InChI is InChI=1S/C24H32N2O5S2/c1-31-23(28)21-18-9-12-25(22(27)19-14-16-7-8-17(19)13-16)15-20(18)32-24(21)33(29,30)26-10-5-3-2-4-6-11-26/h7-8,16-17,19H,2-6,9-15H2,1H3/t16-,17+,19-/m1/s1. The third-order valence-corrected chi connectivity index (χ3v) is 11.3. The molecule has 1 amide bonds. The van der Waals surface area contributed by atoms with Crippen molar-refractivity contribution in [3.8, 4) is 0 Å². The van der Waals surface area contributed by atoms with Gasteiger partial charge in [0.1, 0.15) is 4.21 Å². The largest absolute Gasteiger partial charge is 0.465 e. The number of esters is 1. The van der Waals surface area contributed by atoms with E-state index in [4.69, 9.17) is 4.74 Å². The first-order valence-corrected chi connectivity index (χ1v) is 14.4. The van der Waals surface area contributed by atoms with Gasteiger partial charge in [-0.3, -0.25) is 4.79 Å². The van der Waals surface area contributed by atoms with Crippen LogP contribution in [0.15, 0.2) is 16.4 Å². The van der Waals surface area contributed by atoms with E-state index in [2.05, 4.69) is 12.2 Å². The van der Waals surface area contributed by atoms with Gasteiger partial charge in [0.2, 0.25) is 5.91 Å². The van der Waals surface area contributed by atoms with Crippen LogP contribution < -0.4 is 0 Å². The number of thiophene rings is 1. The molecule has 4 aliphatic rings. The molecular weight excluding hydrogens is 460 g/mol. The van der Waals surface area contributed by atoms with Crippen LogP contribution in [0.5, 0.6) is 0 Å². The van der Waals surface area contributed by atoms with Crippen molar-refractivity contribution >= 4 is 33.2 Å². The van der Waals surface area contributed by atoms with E-state index in [0.717, 1.165) is 66.7 Å². The van der Waals surface area contributed by atoms with Gasteiger partial charge < -0.3 is 9.64 Å². The summed E-state index contributed by atoms with van der Waals surface area (Å²) in [6.07, 6.45) is 11.7. The van der Waals surface area contributed by atoms with Gasteiger partial charge in [-0.15, -0.1) is 11.3 Å². The Kier molecular flexibility index (Phi) is 6.39. The first-order valence-electron chi connectivity index (χ1n) is 12.1. The Balaban J connectivity index is 1.44. The molecule has 3 heterocycles. The van der Waals surface area contributed by atoms with Gasteiger partial charge in [-0.25, -0.2) is 13.2 Å². The van der Waals surface area contributed by atoms with Gasteiger partial charge in [0.25, 0.3) is 10.0 Å². The Morgan fingerprint density at radius 3 is 2.39 bits per heavy atom. The van der Waals surface area contributed by atoms with Crippen LogP contribution in [-0.4, -0.2) is 56.2 Å². The van der Waals surface area contributed by atoms with Crippen molar-refractivity contribution in [3.63, 3.8) is 0 Å². The lowest BCUT2D eigenvalue weighted by Gasteiger charge is -2.31. The van der Waals surface area contributed by atoms with Gasteiger partial charge in [-0.05, 0) is 49.5 Å². The quantitative estimate of drug-likeness (QED) is 0.474. The normalized spacial score (nSPS) is 27.8. The second kappa shape index (κ2) is 9.15. The average Bonchev–Trinajstić information content (AvgIpc) is 3.51. The number of sulfonamides is 1. The lowest BCUT2D eigenvalue weighted by Crippen LogP contribution is -2.40. The summed E-state index contributed by atoms with van der Waals surface area (Å²) < 4.78 is 34.0. The third-order valence-electron chi connectivity index (χ3n) is 7.71. The van der Waals surface area contributed by atoms with Crippen LogP contribution in [0, 0.1) is 17.8 Å². The zero-order valence-electron chi connectivity index (χ0n) is 19.1. The van der Waals surface area contributed by atoms with Gasteiger partial charge in [-0.2, -0.15) is 4.31 Å². The number of allylic oxidation sites excluding steroid dienone is 2. The zero-order valence-corrected chi connectivity index (χ0v) is 20.8. The lowest BCUT2D eigenvalue weighted by atomic mass is 9.91. The first-order chi connectivity index (χ1) is 15.9. The number of methoxy groups -OCH3 is 1. The molecule has 2 bridgehead atoms. The second-order valence-corrected chi connectivity index (χ2v) is 13.0. The maximum atomic E-state index is 13.7. The molecule has 9 heteroatoms. The number of nitrogens with zero attached hydrogens (tertiary/aromatic N) is 2. The molecule has 180 valence electrons. The molecule has 2 aliphatic carbocycles. The van der Waals surface area contributed by atoms with Gasteiger partial charge in [0, 0.05) is 30.4 Å². The minimum Gasteiger partial charge on any atom is -0.465 e. The van der Waals surface area contributed by atoms with Crippen LogP contribution in [-0.2, 0) is 32.5 Å². The van der Waals surface area contributed by atoms with Crippen molar-refractivity contribution in [2.45, 2.75) is 62.1 Å². The summed E-state index contributed by atoms with van der Waals surface area (Å²) in [5.74, 6) is 0.452. The Hall–Kier alpha value is -1.71. The van der Waals surface area contributed by atoms with Crippen molar-refractivity contribution < 1.29 is 22.7 Å². The number of carbonyl (C=O) groups is 2. The highest BCUT2D eigenvalue weighted by Crippen LogP contribution is 2.45. The number of ether oxygens (including phenoxy) is 1. The monoisotopic (exact) mass is 492 g/mol. The molecule has 0 N–H and O–H groups in total. The first kappa shape index (κ1) is 23.1. The molecule has 1 saturated carbocycles. The number of hydrogen-bond acceptors (Lipinski definition) is 6. The molecule has 0 spiro atoms. The molecule has 2 aliphatic heterocycles. The SMILES string of the molecule is COC(=O)c1c(S(=O)(=O)N2CCCCCCC2)sc2c1CCN(C(=O)[C@@H]1C[C@@H]3C=C[C@H]1C3)C2. The van der Waals surface area contributed by atoms with Crippen LogP contribution in [0.25, 0.3) is 0 Å². The fraction of sp³-hybridized carbons (Fsp3) is 0.667. The van der Waals surface area contributed by atoms with E-state index in [1.807, 2.05) is 4.90 Å². The van der Waals surface area contributed by atoms with Crippen LogP contribution in [0.1, 0.15) is 65.7 Å². The van der Waals surface area contributed by atoms with Gasteiger partial charge >= 0.3 is 5.97 Å². The zero-order chi connectivity index (χ0) is 23.2. The molecule has 33 heavy (non-hydrogen) atoms. The Morgan fingerprint density at radius 2 is 1.76 bits per heavy atom. The molecule has 5 rings (SSSR count). The maximum absolute atomic E-state index is 13.7. The topological polar surface area (TPSA) is 84.0 Å². The van der Waals surface area contributed by atoms with Crippen molar-refractivity contribution in [1.29, 1.82) is 0 Å². The average molecular weight is 493 g/mol. The molecule has 0 unspecified atom stereocenters. The van der Waals surface area contributed by atoms with Gasteiger partial charge in [0.15, 0.2) is 0 Å². The summed E-state index contributed by atoms with van der Waals surface area (Å²) in [4.78, 5) is 28.7. The minimum absolute atomic E-state index is 0.0332. The van der Waals surface area contributed by atoms with Crippen molar-refractivity contribution in [2.24, 2.45) is 17.8 Å². The van der Waals surface area contributed by atoms with E-state index in [-0.39, 0.29) is 21.6 Å². The summed E-state index contributed by atoms with van der Waals surface area (Å²) in [6, 6.07) is 0. The number of fused-ring (bicyclic) bond motifs is 3. The van der Waals surface area contributed by atoms with Crippen LogP contribution in [0.4, 0.5) is 0 Å². The van der Waals surface area contributed by atoms with Crippen molar-refractivity contribution in [1.82, 2.24) is 9.21 Å². The van der Waals surface area contributed by atoms with Crippen molar-refractivity contribution in [3.05, 3.63) is 28.2 Å². The number of hydrogen-bond donors (Lipinski definition) is 0. The number of rotatable bonds is 4.